The van der Waals surface area contributed by atoms with E-state index in [1.54, 1.807) is 48.5 Å². The summed E-state index contributed by atoms with van der Waals surface area (Å²) in [5.74, 6) is -1.76. The zero-order chi connectivity index (χ0) is 30.3. The molecule has 43 heavy (non-hydrogen) atoms. The van der Waals surface area contributed by atoms with Gasteiger partial charge in [-0.15, -0.1) is 0 Å². The van der Waals surface area contributed by atoms with Crippen LogP contribution >= 0.6 is 22.9 Å². The number of anilines is 1. The number of thiazole rings is 1. The molecule has 8 nitrogen and oxygen atoms in total. The summed E-state index contributed by atoms with van der Waals surface area (Å²) < 4.78 is 27.8. The Morgan fingerprint density at radius 2 is 1.70 bits per heavy atom. The molecule has 3 heterocycles. The maximum absolute atomic E-state index is 14.4. The topological polar surface area (TPSA) is 113 Å². The van der Waals surface area contributed by atoms with Gasteiger partial charge in [0.15, 0.2) is 10.9 Å². The first-order chi connectivity index (χ1) is 20.7. The number of rotatable bonds is 7. The van der Waals surface area contributed by atoms with Crippen LogP contribution in [0.3, 0.4) is 0 Å². The summed E-state index contributed by atoms with van der Waals surface area (Å²) in [7, 11) is -3.90. The monoisotopic (exact) mass is 633 g/mol. The molecule has 2 aromatic heterocycles. The second-order valence-electron chi connectivity index (χ2n) is 10.4. The second kappa shape index (κ2) is 11.5. The van der Waals surface area contributed by atoms with Gasteiger partial charge >= 0.3 is 0 Å². The minimum Gasteiger partial charge on any atom is -0.503 e. The summed E-state index contributed by atoms with van der Waals surface area (Å²) in [6.07, 6.45) is 4.35. The number of carbonyl (C=O) groups is 1. The molecule has 3 aromatic carbocycles. The summed E-state index contributed by atoms with van der Waals surface area (Å²) >= 11 is 7.16. The number of halogens is 1. The van der Waals surface area contributed by atoms with Crippen molar-refractivity contribution in [2.45, 2.75) is 35.3 Å². The lowest BCUT2D eigenvalue weighted by Crippen LogP contribution is -2.31. The summed E-state index contributed by atoms with van der Waals surface area (Å²) in [6, 6.07) is 20.2. The van der Waals surface area contributed by atoms with Crippen LogP contribution in [0.2, 0.25) is 5.02 Å². The number of piperidine rings is 1. The summed E-state index contributed by atoms with van der Waals surface area (Å²) in [6.45, 7) is 3.57. The Labute approximate surface area is 258 Å². The molecule has 2 N–H and O–H groups in total. The van der Waals surface area contributed by atoms with Crippen molar-refractivity contribution in [3.63, 3.8) is 0 Å². The number of nitrogens with zero attached hydrogens (tertiary/aromatic N) is 3. The van der Waals surface area contributed by atoms with Crippen LogP contribution < -0.4 is 4.90 Å². The lowest BCUT2D eigenvalue weighted by Gasteiger charge is -2.30. The molecule has 220 valence electrons. The van der Waals surface area contributed by atoms with Gasteiger partial charge in [-0.25, -0.2) is 13.4 Å². The Hall–Kier alpha value is -4.12. The summed E-state index contributed by atoms with van der Waals surface area (Å²) in [5.41, 5.74) is 2.58. The predicted octanol–water partition coefficient (Wildman–Crippen LogP) is 7.03. The van der Waals surface area contributed by atoms with Gasteiger partial charge in [0, 0.05) is 34.9 Å². The SMILES string of the molecule is Cc1ccc(C(=O)c2c(O)c(O)n(-c3ncc(S(=O)(=O)c4ccccc4)s3)c2-c2cccc(Cl)c2)c(N2CCCCC2)c1. The quantitative estimate of drug-likeness (QED) is 0.185. The second-order valence-corrected chi connectivity index (χ2v) is 14.0. The molecule has 0 unspecified atom stereocenters. The van der Waals surface area contributed by atoms with E-state index >= 15 is 0 Å². The van der Waals surface area contributed by atoms with Gasteiger partial charge in [0.05, 0.1) is 22.3 Å². The van der Waals surface area contributed by atoms with Crippen molar-refractivity contribution >= 4 is 44.2 Å². The van der Waals surface area contributed by atoms with Crippen molar-refractivity contribution in [1.82, 2.24) is 9.55 Å². The Morgan fingerprint density at radius 1 is 0.953 bits per heavy atom. The molecule has 5 aromatic rings. The molecule has 0 saturated carbocycles. The van der Waals surface area contributed by atoms with Crippen LogP contribution in [-0.2, 0) is 9.84 Å². The van der Waals surface area contributed by atoms with Crippen molar-refractivity contribution in [3.8, 4) is 28.0 Å². The highest BCUT2D eigenvalue weighted by Crippen LogP contribution is 2.46. The zero-order valence-corrected chi connectivity index (χ0v) is 25.6. The van der Waals surface area contributed by atoms with Gasteiger partial charge in [-0.2, -0.15) is 0 Å². The first kappa shape index (κ1) is 29.0. The number of aryl methyl sites for hydroxylation is 1. The number of ketones is 1. The standard InChI is InChI=1S/C32H28ClN3O5S2/c1-20-13-14-24(25(17-20)35-15-6-3-7-16-35)29(37)27-28(21-9-8-10-22(33)18-21)36(31(39)30(27)38)32-34-19-26(42-32)43(40,41)23-11-4-2-5-12-23/h2,4-5,8-14,17-19,38-39H,3,6-7,15-16H2,1H3. The predicted molar refractivity (Wildman–Crippen MR) is 168 cm³/mol. The van der Waals surface area contributed by atoms with E-state index in [2.05, 4.69) is 9.88 Å². The third-order valence-corrected chi connectivity index (χ3v) is 11.0. The van der Waals surface area contributed by atoms with Crippen molar-refractivity contribution in [2.24, 2.45) is 0 Å². The van der Waals surface area contributed by atoms with Gasteiger partial charge in [-0.3, -0.25) is 9.36 Å². The van der Waals surface area contributed by atoms with E-state index in [1.165, 1.54) is 22.9 Å². The van der Waals surface area contributed by atoms with E-state index in [4.69, 9.17) is 11.6 Å². The Kier molecular flexibility index (Phi) is 7.76. The van der Waals surface area contributed by atoms with Crippen LogP contribution in [-0.4, -0.2) is 47.1 Å². The van der Waals surface area contributed by atoms with E-state index in [-0.39, 0.29) is 25.5 Å². The molecule has 1 fully saturated rings. The average Bonchev–Trinajstić information content (AvgIpc) is 3.61. The minimum atomic E-state index is -3.90. The molecule has 6 rings (SSSR count). The van der Waals surface area contributed by atoms with Gasteiger partial charge in [0.25, 0.3) is 0 Å². The van der Waals surface area contributed by atoms with Gasteiger partial charge in [0.2, 0.25) is 21.5 Å². The number of carbonyl (C=O) groups excluding carboxylic acids is 1. The normalized spacial score (nSPS) is 13.8. The number of aromatic hydroxyl groups is 2. The third kappa shape index (κ3) is 5.30. The number of hydrogen-bond acceptors (Lipinski definition) is 8. The van der Waals surface area contributed by atoms with Crippen LogP contribution in [0, 0.1) is 6.92 Å². The highest BCUT2D eigenvalue weighted by atomic mass is 35.5. The fraction of sp³-hybridized carbons (Fsp3) is 0.188. The summed E-state index contributed by atoms with van der Waals surface area (Å²) in [4.78, 5) is 21.0. The van der Waals surface area contributed by atoms with E-state index in [0.717, 1.165) is 54.9 Å². The van der Waals surface area contributed by atoms with Crippen molar-refractivity contribution in [1.29, 1.82) is 0 Å². The van der Waals surface area contributed by atoms with E-state index in [0.29, 0.717) is 16.1 Å². The maximum atomic E-state index is 14.4. The molecule has 0 bridgehead atoms. The highest BCUT2D eigenvalue weighted by Gasteiger charge is 2.33. The minimum absolute atomic E-state index is 0.0523. The Bertz CT molecular complexity index is 1940. The van der Waals surface area contributed by atoms with Crippen molar-refractivity contribution in [3.05, 3.63) is 101 Å². The smallest absolute Gasteiger partial charge is 0.242 e. The van der Waals surface area contributed by atoms with Crippen LogP contribution in [0.4, 0.5) is 5.69 Å². The lowest BCUT2D eigenvalue weighted by atomic mass is 9.96. The van der Waals surface area contributed by atoms with Gasteiger partial charge in [-0.1, -0.05) is 59.3 Å². The number of sulfone groups is 1. The lowest BCUT2D eigenvalue weighted by molar-refractivity contribution is 0.103. The maximum Gasteiger partial charge on any atom is 0.242 e. The van der Waals surface area contributed by atoms with Gasteiger partial charge < -0.3 is 15.1 Å². The van der Waals surface area contributed by atoms with Crippen LogP contribution in [0.1, 0.15) is 40.7 Å². The average molecular weight is 634 g/mol. The fourth-order valence-electron chi connectivity index (χ4n) is 5.42. The summed E-state index contributed by atoms with van der Waals surface area (Å²) in [5, 5.41) is 23.1. The molecular formula is C32H28ClN3O5S2. The van der Waals surface area contributed by atoms with Crippen molar-refractivity contribution in [2.75, 3.05) is 18.0 Å². The van der Waals surface area contributed by atoms with E-state index in [9.17, 15) is 23.4 Å². The number of benzene rings is 3. The van der Waals surface area contributed by atoms with E-state index < -0.39 is 27.2 Å². The molecule has 0 aliphatic carbocycles. The first-order valence-electron chi connectivity index (χ1n) is 13.8. The number of aromatic nitrogens is 2. The molecule has 0 atom stereocenters. The first-order valence-corrected chi connectivity index (χ1v) is 16.4. The van der Waals surface area contributed by atoms with Gasteiger partial charge in [-0.05, 0) is 68.1 Å². The van der Waals surface area contributed by atoms with Gasteiger partial charge in [0.1, 0.15) is 4.21 Å². The van der Waals surface area contributed by atoms with E-state index in [1.807, 2.05) is 19.1 Å². The molecule has 11 heteroatoms. The zero-order valence-electron chi connectivity index (χ0n) is 23.2. The molecule has 1 aliphatic heterocycles. The molecule has 1 aliphatic rings. The number of hydrogen-bond donors (Lipinski definition) is 2. The molecule has 1 saturated heterocycles. The Morgan fingerprint density at radius 3 is 2.42 bits per heavy atom. The fourth-order valence-corrected chi connectivity index (χ4v) is 8.16. The molecule has 0 spiro atoms. The molecule has 0 radical (unpaired) electrons. The highest BCUT2D eigenvalue weighted by molar-refractivity contribution is 7.93. The van der Waals surface area contributed by atoms with Crippen LogP contribution in [0.5, 0.6) is 11.6 Å². The van der Waals surface area contributed by atoms with Crippen LogP contribution in [0.15, 0.2) is 88.1 Å². The molecule has 0 amide bonds. The Balaban J connectivity index is 1.55. The molecular weight excluding hydrogens is 606 g/mol. The largest absolute Gasteiger partial charge is 0.503 e. The third-order valence-electron chi connectivity index (χ3n) is 7.52. The van der Waals surface area contributed by atoms with Crippen LogP contribution in [0.25, 0.3) is 16.4 Å². The van der Waals surface area contributed by atoms with Crippen molar-refractivity contribution < 1.29 is 23.4 Å².